The van der Waals surface area contributed by atoms with Crippen LogP contribution in [0.15, 0.2) is 97.3 Å². The van der Waals surface area contributed by atoms with Crippen LogP contribution in [0.2, 0.25) is 0 Å². The van der Waals surface area contributed by atoms with Gasteiger partial charge in [-0.25, -0.2) is 9.97 Å². The summed E-state index contributed by atoms with van der Waals surface area (Å²) in [4.78, 5) is 19.6. The molecule has 0 amide bonds. The van der Waals surface area contributed by atoms with Gasteiger partial charge in [0.15, 0.2) is 0 Å². The number of hydrogen-bond acceptors (Lipinski definition) is 4. The van der Waals surface area contributed by atoms with Crippen LogP contribution in [0.3, 0.4) is 0 Å². The summed E-state index contributed by atoms with van der Waals surface area (Å²) in [5.74, 6) is 0. The van der Waals surface area contributed by atoms with Crippen molar-refractivity contribution in [2.24, 2.45) is 0 Å². The molecule has 0 fully saturated rings. The molecule has 4 heterocycles. The molecular formula is C42H16B10N4. The fraction of sp³-hybridized carbons (Fsp3) is 0. The minimum atomic E-state index is 0.149. The summed E-state index contributed by atoms with van der Waals surface area (Å²) in [7, 11) is 62.1. The number of rotatable bonds is 4. The Morgan fingerprint density at radius 1 is 0.304 bits per heavy atom. The average Bonchev–Trinajstić information content (AvgIpc) is 3.23. The summed E-state index contributed by atoms with van der Waals surface area (Å²) in [6, 6.07) is 28.0. The number of pyridine rings is 4. The summed E-state index contributed by atoms with van der Waals surface area (Å²) < 4.78 is 0. The van der Waals surface area contributed by atoms with E-state index in [-0.39, 0.29) is 54.6 Å². The lowest BCUT2D eigenvalue weighted by atomic mass is 9.60. The molecule has 4 nitrogen and oxygen atoms in total. The van der Waals surface area contributed by atoms with Crippen molar-refractivity contribution in [3.63, 3.8) is 0 Å². The fourth-order valence-corrected chi connectivity index (χ4v) is 7.28. The Labute approximate surface area is 337 Å². The molecule has 0 saturated heterocycles. The number of aromatic nitrogens is 4. The first-order chi connectivity index (χ1) is 26.9. The minimum Gasteiger partial charge on any atom is -0.253 e. The molecule has 14 heteroatoms. The van der Waals surface area contributed by atoms with E-state index in [9.17, 15) is 0 Å². The third-order valence-electron chi connectivity index (χ3n) is 10.5. The van der Waals surface area contributed by atoms with Crippen LogP contribution in [0, 0.1) is 0 Å². The molecule has 0 atom stereocenters. The standard InChI is InChI=1S/C42H16B10N4/c43-29-27(30(44)34(48)37(51)33(29)47)25-10-8-17-4-6-21-13-23(15-53-39(21)41(17)55-25)19-2-1-3-20(12-19)24-14-22-7-5-18-9-11-26(56-42(18)40(22)54-16-24)28-31(45)35(49)38(52)36(50)32(28)46/h1-16H. The van der Waals surface area contributed by atoms with Gasteiger partial charge in [-0.1, -0.05) is 76.4 Å². The largest absolute Gasteiger partial charge is 0.253 e. The molecule has 0 saturated carbocycles. The van der Waals surface area contributed by atoms with Crippen LogP contribution in [-0.2, 0) is 0 Å². The van der Waals surface area contributed by atoms with Crippen molar-refractivity contribution >= 4 is 177 Å². The van der Waals surface area contributed by atoms with Crippen LogP contribution in [0.4, 0.5) is 0 Å². The molecule has 0 aliphatic carbocycles. The molecule has 0 aliphatic heterocycles. The summed E-state index contributed by atoms with van der Waals surface area (Å²) in [5.41, 5.74) is 10.4. The Balaban J connectivity index is 1.09. The highest BCUT2D eigenvalue weighted by Crippen LogP contribution is 2.32. The molecule has 20 radical (unpaired) electrons. The molecule has 0 unspecified atom stereocenters. The molecule has 234 valence electrons. The number of nitrogens with zero attached hydrogens (tertiary/aromatic N) is 4. The molecule has 0 bridgehead atoms. The van der Waals surface area contributed by atoms with Crippen molar-refractivity contribution in [1.82, 2.24) is 19.9 Å². The normalized spacial score (nSPS) is 11.6. The molecule has 9 aromatic rings. The van der Waals surface area contributed by atoms with Crippen molar-refractivity contribution in [3.05, 3.63) is 97.3 Å². The Bertz CT molecular complexity index is 2900. The third kappa shape index (κ3) is 5.67. The highest BCUT2D eigenvalue weighted by atomic mass is 14.8. The maximum atomic E-state index is 6.36. The van der Waals surface area contributed by atoms with Crippen LogP contribution < -0.4 is 54.6 Å². The SMILES string of the molecule is [B]c1c([B])c([B])c(-c2ccc3ccc4cc(-c5cccc(-c6cnc7c(ccc8ccc(-c9c([B])c([B])c([B])c([B])c9[B])nc87)c6)c5)cnc4c3n2)c([B])c1[B]. The smallest absolute Gasteiger partial charge is 0.113 e. The van der Waals surface area contributed by atoms with Gasteiger partial charge < -0.3 is 0 Å². The van der Waals surface area contributed by atoms with Crippen molar-refractivity contribution in [1.29, 1.82) is 0 Å². The summed E-state index contributed by atoms with van der Waals surface area (Å²) in [6.45, 7) is 0. The molecule has 4 aromatic heterocycles. The lowest BCUT2D eigenvalue weighted by molar-refractivity contribution is 1.37. The zero-order valence-electron chi connectivity index (χ0n) is 29.8. The zero-order chi connectivity index (χ0) is 39.2. The molecule has 9 rings (SSSR count). The molecule has 0 spiro atoms. The molecule has 56 heavy (non-hydrogen) atoms. The van der Waals surface area contributed by atoms with Gasteiger partial charge >= 0.3 is 0 Å². The lowest BCUT2D eigenvalue weighted by Crippen LogP contribution is -2.55. The highest BCUT2D eigenvalue weighted by Gasteiger charge is 2.17. The van der Waals surface area contributed by atoms with Gasteiger partial charge in [0.25, 0.3) is 0 Å². The van der Waals surface area contributed by atoms with E-state index in [1.54, 1.807) is 0 Å². The van der Waals surface area contributed by atoms with Gasteiger partial charge in [0.2, 0.25) is 0 Å². The van der Waals surface area contributed by atoms with Crippen LogP contribution in [0.1, 0.15) is 0 Å². The van der Waals surface area contributed by atoms with Crippen LogP contribution in [0.5, 0.6) is 0 Å². The molecule has 0 N–H and O–H groups in total. The van der Waals surface area contributed by atoms with E-state index < -0.39 is 0 Å². The van der Waals surface area contributed by atoms with Gasteiger partial charge in [0.1, 0.15) is 78.5 Å². The summed E-state index contributed by atoms with van der Waals surface area (Å²) in [5, 5.41) is 3.60. The van der Waals surface area contributed by atoms with Gasteiger partial charge in [0.05, 0.1) is 33.5 Å². The Morgan fingerprint density at radius 2 is 0.643 bits per heavy atom. The highest BCUT2D eigenvalue weighted by molar-refractivity contribution is 6.69. The van der Waals surface area contributed by atoms with Crippen molar-refractivity contribution < 1.29 is 0 Å². The second kappa shape index (κ2) is 13.5. The van der Waals surface area contributed by atoms with E-state index in [4.69, 9.17) is 98.4 Å². The van der Waals surface area contributed by atoms with Crippen molar-refractivity contribution in [2.45, 2.75) is 0 Å². The second-order valence-electron chi connectivity index (χ2n) is 13.7. The fourth-order valence-electron chi connectivity index (χ4n) is 7.28. The van der Waals surface area contributed by atoms with Gasteiger partial charge in [0, 0.05) is 45.1 Å². The monoisotopic (exact) mass is 686 g/mol. The predicted octanol–water partition coefficient (Wildman–Crippen LogP) is -1.51. The Kier molecular flexibility index (Phi) is 8.72. The van der Waals surface area contributed by atoms with E-state index in [0.29, 0.717) is 44.6 Å². The van der Waals surface area contributed by atoms with E-state index in [0.717, 1.165) is 43.8 Å². The minimum absolute atomic E-state index is 0.149. The van der Waals surface area contributed by atoms with Gasteiger partial charge in [-0.3, -0.25) is 9.97 Å². The lowest BCUT2D eigenvalue weighted by Gasteiger charge is -2.21. The van der Waals surface area contributed by atoms with Crippen LogP contribution in [-0.4, -0.2) is 98.4 Å². The maximum absolute atomic E-state index is 6.36. The zero-order valence-corrected chi connectivity index (χ0v) is 29.8. The summed E-state index contributed by atoms with van der Waals surface area (Å²) in [6.07, 6.45) is 3.68. The van der Waals surface area contributed by atoms with E-state index in [2.05, 4.69) is 18.2 Å². The van der Waals surface area contributed by atoms with E-state index in [1.807, 2.05) is 79.1 Å². The Hall–Kier alpha value is -5.61. The number of benzene rings is 5. The number of fused-ring (bicyclic) bond motifs is 6. The van der Waals surface area contributed by atoms with E-state index >= 15 is 0 Å². The van der Waals surface area contributed by atoms with Gasteiger partial charge in [-0.05, 0) is 52.6 Å². The Morgan fingerprint density at radius 3 is 1.04 bits per heavy atom. The second-order valence-corrected chi connectivity index (χ2v) is 13.7. The topological polar surface area (TPSA) is 51.6 Å². The average molecular weight is 685 g/mol. The summed E-state index contributed by atoms with van der Waals surface area (Å²) >= 11 is 0. The third-order valence-corrected chi connectivity index (χ3v) is 10.5. The molecule has 0 aliphatic rings. The molecular weight excluding hydrogens is 669 g/mol. The first-order valence-electron chi connectivity index (χ1n) is 17.4. The number of hydrogen-bond donors (Lipinski definition) is 0. The maximum Gasteiger partial charge on any atom is 0.113 e. The first-order valence-corrected chi connectivity index (χ1v) is 17.4. The van der Waals surface area contributed by atoms with Gasteiger partial charge in [-0.15, -0.1) is 32.8 Å². The van der Waals surface area contributed by atoms with Crippen molar-refractivity contribution in [3.8, 4) is 44.8 Å². The van der Waals surface area contributed by atoms with Crippen LogP contribution >= 0.6 is 0 Å². The molecule has 5 aromatic carbocycles. The van der Waals surface area contributed by atoms with Crippen LogP contribution in [0.25, 0.3) is 88.4 Å². The van der Waals surface area contributed by atoms with E-state index in [1.165, 1.54) is 0 Å². The van der Waals surface area contributed by atoms with Crippen molar-refractivity contribution in [2.75, 3.05) is 0 Å². The first kappa shape index (κ1) is 36.1. The van der Waals surface area contributed by atoms with Gasteiger partial charge in [-0.2, -0.15) is 0 Å². The predicted molar refractivity (Wildman–Crippen MR) is 243 cm³/mol. The quantitative estimate of drug-likeness (QED) is 0.167.